The molecule has 114 valence electrons. The molecule has 0 amide bonds. The van der Waals surface area contributed by atoms with Crippen molar-refractivity contribution in [1.82, 2.24) is 9.97 Å². The average molecular weight is 315 g/mol. The van der Waals surface area contributed by atoms with Crippen LogP contribution in [0.5, 0.6) is 0 Å². The number of fused-ring (bicyclic) bond motifs is 1. The van der Waals surface area contributed by atoms with Crippen molar-refractivity contribution < 1.29 is 8.42 Å². The Morgan fingerprint density at radius 3 is 2.55 bits per heavy atom. The first-order valence-electron chi connectivity index (χ1n) is 6.91. The summed E-state index contributed by atoms with van der Waals surface area (Å²) >= 11 is 0. The van der Waals surface area contributed by atoms with Crippen LogP contribution in [0.25, 0.3) is 11.0 Å². The number of imidazole rings is 1. The summed E-state index contributed by atoms with van der Waals surface area (Å²) in [6.45, 7) is 5.69. The molecule has 6 heteroatoms. The molecule has 0 spiro atoms. The summed E-state index contributed by atoms with van der Waals surface area (Å²) in [6.07, 6.45) is 0. The lowest BCUT2D eigenvalue weighted by atomic mass is 10.1. The number of anilines is 1. The second-order valence-electron chi connectivity index (χ2n) is 5.43. The van der Waals surface area contributed by atoms with E-state index < -0.39 is 10.0 Å². The zero-order valence-electron chi connectivity index (χ0n) is 12.6. The number of benzene rings is 2. The molecule has 0 aliphatic heterocycles. The second kappa shape index (κ2) is 5.14. The van der Waals surface area contributed by atoms with Crippen LogP contribution in [0.4, 0.5) is 5.69 Å². The largest absolute Gasteiger partial charge is 0.342 e. The van der Waals surface area contributed by atoms with Gasteiger partial charge in [0, 0.05) is 0 Å². The Bertz CT molecular complexity index is 959. The van der Waals surface area contributed by atoms with Gasteiger partial charge in [0.05, 0.1) is 21.6 Å². The number of hydrogen-bond acceptors (Lipinski definition) is 3. The summed E-state index contributed by atoms with van der Waals surface area (Å²) < 4.78 is 27.7. The Labute approximate surface area is 129 Å². The molecule has 1 aromatic heterocycles. The molecule has 2 aromatic carbocycles. The van der Waals surface area contributed by atoms with E-state index in [-0.39, 0.29) is 4.90 Å². The Kier molecular flexibility index (Phi) is 3.41. The fourth-order valence-corrected chi connectivity index (χ4v) is 3.57. The van der Waals surface area contributed by atoms with Crippen LogP contribution in [-0.4, -0.2) is 18.4 Å². The highest BCUT2D eigenvalue weighted by Gasteiger charge is 2.16. The SMILES string of the molecule is Cc1ccc(NS(=O)(=O)c2ccc3nc(C)[nH]c3c2)c(C)c1. The molecule has 0 atom stereocenters. The van der Waals surface area contributed by atoms with Crippen LogP contribution in [-0.2, 0) is 10.0 Å². The van der Waals surface area contributed by atoms with Crippen molar-refractivity contribution in [3.8, 4) is 0 Å². The number of rotatable bonds is 3. The minimum atomic E-state index is -3.63. The van der Waals surface area contributed by atoms with E-state index in [4.69, 9.17) is 0 Å². The molecule has 0 aliphatic rings. The molecule has 0 bridgehead atoms. The molecule has 0 saturated heterocycles. The van der Waals surface area contributed by atoms with Gasteiger partial charge in [0.25, 0.3) is 10.0 Å². The maximum atomic E-state index is 12.5. The number of hydrogen-bond donors (Lipinski definition) is 2. The van der Waals surface area contributed by atoms with E-state index in [2.05, 4.69) is 14.7 Å². The molecule has 3 aromatic rings. The first kappa shape index (κ1) is 14.6. The molecule has 22 heavy (non-hydrogen) atoms. The number of H-pyrrole nitrogens is 1. The summed E-state index contributed by atoms with van der Waals surface area (Å²) in [5.74, 6) is 0.756. The molecule has 0 saturated carbocycles. The monoisotopic (exact) mass is 315 g/mol. The molecule has 0 radical (unpaired) electrons. The van der Waals surface area contributed by atoms with Crippen LogP contribution in [0.2, 0.25) is 0 Å². The van der Waals surface area contributed by atoms with Crippen molar-refractivity contribution in [1.29, 1.82) is 0 Å². The van der Waals surface area contributed by atoms with Gasteiger partial charge in [-0.2, -0.15) is 0 Å². The van der Waals surface area contributed by atoms with Crippen molar-refractivity contribution in [2.75, 3.05) is 4.72 Å². The first-order valence-corrected chi connectivity index (χ1v) is 8.40. The van der Waals surface area contributed by atoms with E-state index in [0.29, 0.717) is 11.2 Å². The van der Waals surface area contributed by atoms with Crippen LogP contribution in [0.1, 0.15) is 17.0 Å². The van der Waals surface area contributed by atoms with Gasteiger partial charge in [-0.15, -0.1) is 0 Å². The van der Waals surface area contributed by atoms with Crippen LogP contribution < -0.4 is 4.72 Å². The minimum absolute atomic E-state index is 0.212. The quantitative estimate of drug-likeness (QED) is 0.779. The van der Waals surface area contributed by atoms with Gasteiger partial charge in [-0.25, -0.2) is 13.4 Å². The third-order valence-electron chi connectivity index (χ3n) is 3.51. The summed E-state index contributed by atoms with van der Waals surface area (Å²) in [6, 6.07) is 10.5. The number of aryl methyl sites for hydroxylation is 3. The topological polar surface area (TPSA) is 74.8 Å². The third kappa shape index (κ3) is 2.69. The van der Waals surface area contributed by atoms with Gasteiger partial charge in [0.15, 0.2) is 0 Å². The van der Waals surface area contributed by atoms with Crippen molar-refractivity contribution >= 4 is 26.7 Å². The van der Waals surface area contributed by atoms with Crippen LogP contribution in [0, 0.1) is 20.8 Å². The Morgan fingerprint density at radius 2 is 1.82 bits per heavy atom. The van der Waals surface area contributed by atoms with E-state index >= 15 is 0 Å². The highest BCUT2D eigenvalue weighted by molar-refractivity contribution is 7.92. The number of nitrogens with one attached hydrogen (secondary N) is 2. The fraction of sp³-hybridized carbons (Fsp3) is 0.188. The smallest absolute Gasteiger partial charge is 0.261 e. The number of nitrogens with zero attached hydrogens (tertiary/aromatic N) is 1. The number of sulfonamides is 1. The zero-order valence-corrected chi connectivity index (χ0v) is 13.5. The van der Waals surface area contributed by atoms with Gasteiger partial charge in [-0.3, -0.25) is 4.72 Å². The lowest BCUT2D eigenvalue weighted by Crippen LogP contribution is -2.13. The molecule has 5 nitrogen and oxygen atoms in total. The highest BCUT2D eigenvalue weighted by atomic mass is 32.2. The molecular weight excluding hydrogens is 298 g/mol. The number of aromatic amines is 1. The summed E-state index contributed by atoms with van der Waals surface area (Å²) in [5.41, 5.74) is 4.03. The van der Waals surface area contributed by atoms with Crippen LogP contribution >= 0.6 is 0 Å². The Hall–Kier alpha value is -2.34. The van der Waals surface area contributed by atoms with Crippen molar-refractivity contribution in [2.24, 2.45) is 0 Å². The Morgan fingerprint density at radius 1 is 1.05 bits per heavy atom. The summed E-state index contributed by atoms with van der Waals surface area (Å²) in [5, 5.41) is 0. The van der Waals surface area contributed by atoms with E-state index in [1.807, 2.05) is 32.9 Å². The van der Waals surface area contributed by atoms with Crippen molar-refractivity contribution in [2.45, 2.75) is 25.7 Å². The van der Waals surface area contributed by atoms with Crippen molar-refractivity contribution in [3.05, 3.63) is 53.3 Å². The standard InChI is InChI=1S/C16H17N3O2S/c1-10-4-6-14(11(2)8-10)19-22(20,21)13-5-7-15-16(9-13)18-12(3)17-15/h4-9,19H,1-3H3,(H,17,18). The third-order valence-corrected chi connectivity index (χ3v) is 4.87. The molecule has 0 fully saturated rings. The number of aromatic nitrogens is 2. The zero-order chi connectivity index (χ0) is 15.9. The lowest BCUT2D eigenvalue weighted by molar-refractivity contribution is 0.601. The normalized spacial score (nSPS) is 11.8. The van der Waals surface area contributed by atoms with Gasteiger partial charge in [-0.05, 0) is 50.6 Å². The van der Waals surface area contributed by atoms with Gasteiger partial charge in [0.2, 0.25) is 0 Å². The summed E-state index contributed by atoms with van der Waals surface area (Å²) in [7, 11) is -3.63. The lowest BCUT2D eigenvalue weighted by Gasteiger charge is -2.11. The fourth-order valence-electron chi connectivity index (χ4n) is 2.42. The summed E-state index contributed by atoms with van der Waals surface area (Å²) in [4.78, 5) is 7.54. The van der Waals surface area contributed by atoms with Crippen molar-refractivity contribution in [3.63, 3.8) is 0 Å². The molecule has 2 N–H and O–H groups in total. The molecule has 1 heterocycles. The van der Waals surface area contributed by atoms with Crippen LogP contribution in [0.3, 0.4) is 0 Å². The van der Waals surface area contributed by atoms with Gasteiger partial charge < -0.3 is 4.98 Å². The predicted octanol–water partition coefficient (Wildman–Crippen LogP) is 3.29. The average Bonchev–Trinajstić information content (AvgIpc) is 2.81. The molecule has 3 rings (SSSR count). The molecule has 0 unspecified atom stereocenters. The predicted molar refractivity (Wildman–Crippen MR) is 87.6 cm³/mol. The Balaban J connectivity index is 2.00. The molecular formula is C16H17N3O2S. The van der Waals surface area contributed by atoms with Crippen LogP contribution in [0.15, 0.2) is 41.3 Å². The second-order valence-corrected chi connectivity index (χ2v) is 7.11. The molecule has 0 aliphatic carbocycles. The maximum Gasteiger partial charge on any atom is 0.261 e. The first-order chi connectivity index (χ1) is 10.3. The van der Waals surface area contributed by atoms with E-state index in [1.54, 1.807) is 24.3 Å². The van der Waals surface area contributed by atoms with Gasteiger partial charge in [-0.1, -0.05) is 17.7 Å². The van der Waals surface area contributed by atoms with Gasteiger partial charge >= 0.3 is 0 Å². The minimum Gasteiger partial charge on any atom is -0.342 e. The van der Waals surface area contributed by atoms with E-state index in [1.165, 1.54) is 0 Å². The maximum absolute atomic E-state index is 12.5. The van der Waals surface area contributed by atoms with E-state index in [0.717, 1.165) is 22.5 Å². The van der Waals surface area contributed by atoms with E-state index in [9.17, 15) is 8.42 Å². The van der Waals surface area contributed by atoms with Gasteiger partial charge in [0.1, 0.15) is 5.82 Å². The highest BCUT2D eigenvalue weighted by Crippen LogP contribution is 2.22.